The van der Waals surface area contributed by atoms with Gasteiger partial charge in [0.25, 0.3) is 0 Å². The number of benzene rings is 7. The Morgan fingerprint density at radius 2 is 0.922 bits per heavy atom. The molecule has 51 heavy (non-hydrogen) atoms. The van der Waals surface area contributed by atoms with Crippen molar-refractivity contribution in [1.82, 2.24) is 15.0 Å². The molecule has 0 bridgehead atoms. The average molecular weight is 692 g/mol. The summed E-state index contributed by atoms with van der Waals surface area (Å²) in [5.41, 5.74) is 5.30. The minimum atomic E-state index is -2.76. The van der Waals surface area contributed by atoms with Crippen LogP contribution >= 0.6 is 11.6 Å². The fraction of sp³-hybridized carbons (Fsp3) is 0. The highest BCUT2D eigenvalue weighted by molar-refractivity contribution is 7.19. The van der Waals surface area contributed by atoms with E-state index < -0.39 is 8.07 Å². The predicted molar refractivity (Wildman–Crippen MR) is 212 cm³/mol. The van der Waals surface area contributed by atoms with Crippen molar-refractivity contribution in [3.05, 3.63) is 187 Å². The van der Waals surface area contributed by atoms with Crippen LogP contribution in [0.2, 0.25) is 5.28 Å². The number of nitrogens with zero attached hydrogens (tertiary/aromatic N) is 3. The van der Waals surface area contributed by atoms with Gasteiger partial charge in [0.05, 0.1) is 0 Å². The highest BCUT2D eigenvalue weighted by Gasteiger charge is 2.41. The summed E-state index contributed by atoms with van der Waals surface area (Å²) in [6.45, 7) is 0. The topological polar surface area (TPSA) is 51.8 Å². The zero-order valence-electron chi connectivity index (χ0n) is 27.4. The first kappa shape index (κ1) is 30.9. The molecule has 0 amide bonds. The first-order valence-corrected chi connectivity index (χ1v) is 19.3. The molecule has 0 N–H and O–H groups in total. The third kappa shape index (κ3) is 5.35. The smallest absolute Gasteiger partial charge is 0.226 e. The monoisotopic (exact) mass is 691 g/mol. The molecule has 6 heteroatoms. The molecule has 0 aliphatic rings. The summed E-state index contributed by atoms with van der Waals surface area (Å²) in [6.07, 6.45) is 0. The number of halogens is 1. The van der Waals surface area contributed by atoms with Gasteiger partial charge in [-0.1, -0.05) is 176 Å². The Morgan fingerprint density at radius 3 is 1.61 bits per heavy atom. The van der Waals surface area contributed by atoms with Crippen LogP contribution in [0.1, 0.15) is 0 Å². The zero-order chi connectivity index (χ0) is 34.2. The Bertz CT molecular complexity index is 2570. The maximum absolute atomic E-state index is 6.74. The van der Waals surface area contributed by atoms with E-state index >= 15 is 0 Å². The summed E-state index contributed by atoms with van der Waals surface area (Å²) in [6, 6.07) is 63.7. The maximum Gasteiger partial charge on any atom is 0.226 e. The second-order valence-corrected chi connectivity index (χ2v) is 16.7. The second-order valence-electron chi connectivity index (χ2n) is 12.5. The Balaban J connectivity index is 1.22. The van der Waals surface area contributed by atoms with E-state index in [-0.39, 0.29) is 5.28 Å². The highest BCUT2D eigenvalue weighted by atomic mass is 35.5. The zero-order valence-corrected chi connectivity index (χ0v) is 29.2. The van der Waals surface area contributed by atoms with Crippen molar-refractivity contribution < 1.29 is 4.42 Å². The Kier molecular flexibility index (Phi) is 7.84. The van der Waals surface area contributed by atoms with Crippen LogP contribution < -0.4 is 20.7 Å². The van der Waals surface area contributed by atoms with E-state index in [0.29, 0.717) is 11.6 Å². The molecule has 2 heterocycles. The van der Waals surface area contributed by atoms with Crippen LogP contribution in [0, 0.1) is 0 Å². The van der Waals surface area contributed by atoms with Crippen molar-refractivity contribution in [3.8, 4) is 33.9 Å². The van der Waals surface area contributed by atoms with Crippen molar-refractivity contribution in [2.24, 2.45) is 0 Å². The molecule has 9 aromatic rings. The number of para-hydroxylation sites is 2. The van der Waals surface area contributed by atoms with E-state index in [4.69, 9.17) is 26.0 Å². The van der Waals surface area contributed by atoms with Crippen LogP contribution in [0.15, 0.2) is 186 Å². The number of furan rings is 1. The number of hydrogen-bond donors (Lipinski definition) is 0. The van der Waals surface area contributed by atoms with Crippen LogP contribution in [0.25, 0.3) is 55.8 Å². The molecular formula is C45H30ClN3OSi. The van der Waals surface area contributed by atoms with E-state index in [0.717, 1.165) is 44.2 Å². The number of aromatic nitrogens is 3. The van der Waals surface area contributed by atoms with Gasteiger partial charge in [0.2, 0.25) is 5.28 Å². The SMILES string of the molecule is Clc1nc(-c2cccc([Si](c3ccccc3)(c3ccccc3)c3ccccc3)c2)nc(-c2ccccc2-c2cccc3c2oc2ccccc23)n1. The molecule has 0 radical (unpaired) electrons. The van der Waals surface area contributed by atoms with E-state index in [2.05, 4.69) is 151 Å². The van der Waals surface area contributed by atoms with Gasteiger partial charge >= 0.3 is 0 Å². The van der Waals surface area contributed by atoms with Crippen molar-refractivity contribution in [3.63, 3.8) is 0 Å². The molecule has 0 saturated carbocycles. The van der Waals surface area contributed by atoms with Crippen molar-refractivity contribution in [1.29, 1.82) is 0 Å². The molecule has 0 saturated heterocycles. The molecule has 9 rings (SSSR count). The minimum absolute atomic E-state index is 0.134. The van der Waals surface area contributed by atoms with E-state index in [1.165, 1.54) is 20.7 Å². The van der Waals surface area contributed by atoms with Gasteiger partial charge < -0.3 is 4.42 Å². The number of fused-ring (bicyclic) bond motifs is 3. The van der Waals surface area contributed by atoms with Gasteiger partial charge in [-0.25, -0.2) is 4.98 Å². The van der Waals surface area contributed by atoms with Gasteiger partial charge in [0, 0.05) is 27.5 Å². The lowest BCUT2D eigenvalue weighted by molar-refractivity contribution is 0.670. The van der Waals surface area contributed by atoms with Crippen LogP contribution in [0.4, 0.5) is 0 Å². The van der Waals surface area contributed by atoms with Gasteiger partial charge in [0.1, 0.15) is 11.2 Å². The van der Waals surface area contributed by atoms with Crippen LogP contribution in [0.3, 0.4) is 0 Å². The summed E-state index contributed by atoms with van der Waals surface area (Å²) in [5.74, 6) is 1.01. The molecule has 7 aromatic carbocycles. The van der Waals surface area contributed by atoms with E-state index in [1.54, 1.807) is 0 Å². The molecule has 4 nitrogen and oxygen atoms in total. The van der Waals surface area contributed by atoms with E-state index in [9.17, 15) is 0 Å². The minimum Gasteiger partial charge on any atom is -0.455 e. The van der Waals surface area contributed by atoms with Crippen LogP contribution in [-0.4, -0.2) is 23.0 Å². The average Bonchev–Trinajstić information content (AvgIpc) is 3.59. The highest BCUT2D eigenvalue weighted by Crippen LogP contribution is 2.39. The number of hydrogen-bond acceptors (Lipinski definition) is 4. The lowest BCUT2D eigenvalue weighted by Crippen LogP contribution is -2.74. The molecule has 0 spiro atoms. The fourth-order valence-electron chi connectivity index (χ4n) is 7.43. The largest absolute Gasteiger partial charge is 0.455 e. The first-order valence-electron chi connectivity index (χ1n) is 16.9. The summed E-state index contributed by atoms with van der Waals surface area (Å²) in [7, 11) is -2.76. The summed E-state index contributed by atoms with van der Waals surface area (Å²) in [5, 5.41) is 7.38. The third-order valence-corrected chi connectivity index (χ3v) is 14.6. The third-order valence-electron chi connectivity index (χ3n) is 9.64. The predicted octanol–water partition coefficient (Wildman–Crippen LogP) is 8.80. The van der Waals surface area contributed by atoms with Crippen LogP contribution in [0.5, 0.6) is 0 Å². The molecule has 0 atom stereocenters. The quantitative estimate of drug-likeness (QED) is 0.124. The standard InChI is InChI=1S/C45H30ClN3OSi/c46-45-48-43(47-44(49-45)40-26-11-10-24-36(40)38-27-15-28-39-37-25-12-13-29-41(37)50-42(38)39)31-16-14-23-35(30-31)51(32-17-4-1-5-18-32,33-19-6-2-7-20-33)34-21-8-3-9-22-34/h1-30H. The van der Waals surface area contributed by atoms with Crippen molar-refractivity contribution in [2.75, 3.05) is 0 Å². The van der Waals surface area contributed by atoms with Crippen molar-refractivity contribution in [2.45, 2.75) is 0 Å². The summed E-state index contributed by atoms with van der Waals surface area (Å²) >= 11 is 6.74. The molecular weight excluding hydrogens is 662 g/mol. The van der Waals surface area contributed by atoms with Crippen molar-refractivity contribution >= 4 is 62.4 Å². The molecule has 0 aliphatic heterocycles. The summed E-state index contributed by atoms with van der Waals surface area (Å²) < 4.78 is 6.42. The van der Waals surface area contributed by atoms with Gasteiger partial charge in [-0.05, 0) is 44.0 Å². The van der Waals surface area contributed by atoms with E-state index in [1.807, 2.05) is 36.4 Å². The Hall–Kier alpha value is -6.14. The van der Waals surface area contributed by atoms with Gasteiger partial charge in [0.15, 0.2) is 19.7 Å². The summed E-state index contributed by atoms with van der Waals surface area (Å²) in [4.78, 5) is 14.5. The fourth-order valence-corrected chi connectivity index (χ4v) is 12.4. The molecule has 242 valence electrons. The second kappa shape index (κ2) is 13.0. The first-order chi connectivity index (χ1) is 25.2. The lowest BCUT2D eigenvalue weighted by atomic mass is 9.97. The maximum atomic E-state index is 6.74. The molecule has 2 aromatic heterocycles. The lowest BCUT2D eigenvalue weighted by Gasteiger charge is -2.34. The van der Waals surface area contributed by atoms with Gasteiger partial charge in [-0.3, -0.25) is 0 Å². The van der Waals surface area contributed by atoms with Gasteiger partial charge in [-0.15, -0.1) is 0 Å². The Morgan fingerprint density at radius 1 is 0.412 bits per heavy atom. The molecule has 0 unspecified atom stereocenters. The molecule has 0 aliphatic carbocycles. The van der Waals surface area contributed by atoms with Crippen LogP contribution in [-0.2, 0) is 0 Å². The molecule has 0 fully saturated rings. The Labute approximate surface area is 301 Å². The number of rotatable bonds is 7. The normalized spacial score (nSPS) is 11.6. The van der Waals surface area contributed by atoms with Gasteiger partial charge in [-0.2, -0.15) is 9.97 Å².